The summed E-state index contributed by atoms with van der Waals surface area (Å²) in [5, 5.41) is 33.8. The topological polar surface area (TPSA) is 127 Å². The van der Waals surface area contributed by atoms with Gasteiger partial charge >= 0.3 is 5.97 Å². The van der Waals surface area contributed by atoms with Crippen LogP contribution in [0.3, 0.4) is 0 Å². The Labute approximate surface area is 136 Å². The Morgan fingerprint density at radius 2 is 2.12 bits per heavy atom. The number of hydrogen-bond donors (Lipinski definition) is 2. The van der Waals surface area contributed by atoms with Gasteiger partial charge in [0.05, 0.1) is 40.4 Å². The third-order valence-corrected chi connectivity index (χ3v) is 3.38. The zero-order valence-electron chi connectivity index (χ0n) is 12.3. The lowest BCUT2D eigenvalue weighted by Gasteiger charge is -2.09. The Morgan fingerprint density at radius 1 is 1.29 bits per heavy atom. The van der Waals surface area contributed by atoms with Crippen LogP contribution >= 0.6 is 0 Å². The van der Waals surface area contributed by atoms with Crippen molar-refractivity contribution in [2.75, 3.05) is 11.9 Å². The van der Waals surface area contributed by atoms with Gasteiger partial charge in [0.1, 0.15) is 18.2 Å². The van der Waals surface area contributed by atoms with Crippen LogP contribution in [-0.4, -0.2) is 32.2 Å². The van der Waals surface area contributed by atoms with Gasteiger partial charge in [-0.2, -0.15) is 15.6 Å². The highest BCUT2D eigenvalue weighted by Crippen LogP contribution is 2.25. The molecule has 0 aromatic carbocycles. The Bertz CT molecular complexity index is 1030. The van der Waals surface area contributed by atoms with E-state index in [4.69, 9.17) is 10.5 Å². The molecule has 8 nitrogen and oxygen atoms in total. The lowest BCUT2D eigenvalue weighted by atomic mass is 10.2. The number of hydrogen-bond acceptors (Lipinski definition) is 6. The van der Waals surface area contributed by atoms with E-state index in [2.05, 4.69) is 15.4 Å². The Morgan fingerprint density at radius 3 is 2.83 bits per heavy atom. The lowest BCUT2D eigenvalue weighted by molar-refractivity contribution is 0.0697. The molecule has 3 rings (SSSR count). The molecule has 0 aliphatic carbocycles. The molecule has 3 aromatic heterocycles. The van der Waals surface area contributed by atoms with Gasteiger partial charge in [0, 0.05) is 6.20 Å². The van der Waals surface area contributed by atoms with Crippen molar-refractivity contribution < 1.29 is 9.90 Å². The molecule has 0 fully saturated rings. The fourth-order valence-corrected chi connectivity index (χ4v) is 2.30. The number of nitriles is 2. The van der Waals surface area contributed by atoms with Crippen LogP contribution in [0.5, 0.6) is 0 Å². The summed E-state index contributed by atoms with van der Waals surface area (Å²) in [6.07, 6.45) is 2.68. The standard InChI is InChI=1S/C16H10N6O2/c17-3-4-19-13-6-14(20-9-12(13)16(23)24)15-2-1-11-5-10(7-18)8-21-22(11)15/h1-2,5-6,8-9H,4H2,(H,19,20)(H,23,24). The molecule has 3 heterocycles. The number of nitrogens with one attached hydrogen (secondary N) is 1. The Kier molecular flexibility index (Phi) is 3.79. The molecule has 3 aromatic rings. The second-order valence-electron chi connectivity index (χ2n) is 4.84. The molecule has 0 radical (unpaired) electrons. The summed E-state index contributed by atoms with van der Waals surface area (Å²) in [6.45, 7) is -0.0254. The smallest absolute Gasteiger partial charge is 0.339 e. The van der Waals surface area contributed by atoms with Crippen molar-refractivity contribution in [3.63, 3.8) is 0 Å². The molecule has 0 bridgehead atoms. The zero-order valence-corrected chi connectivity index (χ0v) is 12.3. The normalized spacial score (nSPS) is 10.1. The van der Waals surface area contributed by atoms with Crippen molar-refractivity contribution in [2.45, 2.75) is 0 Å². The molecule has 116 valence electrons. The average molecular weight is 318 g/mol. The van der Waals surface area contributed by atoms with E-state index in [0.717, 1.165) is 5.52 Å². The molecular weight excluding hydrogens is 308 g/mol. The number of aromatic carboxylic acids is 1. The molecule has 24 heavy (non-hydrogen) atoms. The number of rotatable bonds is 4. The minimum Gasteiger partial charge on any atom is -0.478 e. The van der Waals surface area contributed by atoms with Gasteiger partial charge in [0.15, 0.2) is 0 Å². The first-order valence-corrected chi connectivity index (χ1v) is 6.86. The van der Waals surface area contributed by atoms with Crippen LogP contribution in [0.1, 0.15) is 15.9 Å². The summed E-state index contributed by atoms with van der Waals surface area (Å²) in [6, 6.07) is 10.7. The van der Waals surface area contributed by atoms with Crippen molar-refractivity contribution in [1.29, 1.82) is 10.5 Å². The predicted molar refractivity (Wildman–Crippen MR) is 84.2 cm³/mol. The summed E-state index contributed by atoms with van der Waals surface area (Å²) >= 11 is 0. The van der Waals surface area contributed by atoms with Gasteiger partial charge in [0.2, 0.25) is 0 Å². The number of carbonyl (C=O) groups is 1. The third kappa shape index (κ3) is 2.60. The Hall–Kier alpha value is -3.91. The number of fused-ring (bicyclic) bond motifs is 1. The Balaban J connectivity index is 2.11. The largest absolute Gasteiger partial charge is 0.478 e. The van der Waals surface area contributed by atoms with Gasteiger partial charge < -0.3 is 10.4 Å². The number of aromatic nitrogens is 3. The van der Waals surface area contributed by atoms with Crippen LogP contribution in [0.15, 0.2) is 36.7 Å². The van der Waals surface area contributed by atoms with Gasteiger partial charge in [-0.3, -0.25) is 4.98 Å². The average Bonchev–Trinajstić information content (AvgIpc) is 3.02. The molecule has 0 aliphatic rings. The van der Waals surface area contributed by atoms with Crippen LogP contribution in [-0.2, 0) is 0 Å². The maximum absolute atomic E-state index is 11.3. The van der Waals surface area contributed by atoms with Gasteiger partial charge in [-0.1, -0.05) is 0 Å². The summed E-state index contributed by atoms with van der Waals surface area (Å²) in [5.74, 6) is -1.13. The number of carboxylic acids is 1. The molecule has 0 unspecified atom stereocenters. The van der Waals surface area contributed by atoms with E-state index in [-0.39, 0.29) is 12.1 Å². The predicted octanol–water partition coefficient (Wildman–Crippen LogP) is 1.90. The molecule has 0 atom stereocenters. The number of pyridine rings is 1. The lowest BCUT2D eigenvalue weighted by Crippen LogP contribution is -2.08. The van der Waals surface area contributed by atoms with E-state index in [1.165, 1.54) is 12.4 Å². The van der Waals surface area contributed by atoms with E-state index >= 15 is 0 Å². The van der Waals surface area contributed by atoms with Gasteiger partial charge in [0.25, 0.3) is 0 Å². The fourth-order valence-electron chi connectivity index (χ4n) is 2.30. The molecule has 2 N–H and O–H groups in total. The van der Waals surface area contributed by atoms with Crippen LogP contribution in [0, 0.1) is 22.7 Å². The summed E-state index contributed by atoms with van der Waals surface area (Å²) in [7, 11) is 0. The van der Waals surface area contributed by atoms with Crippen molar-refractivity contribution in [3.8, 4) is 23.5 Å². The molecule has 0 aliphatic heterocycles. The van der Waals surface area contributed by atoms with E-state index in [1.807, 2.05) is 12.1 Å². The van der Waals surface area contributed by atoms with E-state index in [1.54, 1.807) is 28.8 Å². The fraction of sp³-hybridized carbons (Fsp3) is 0.0625. The maximum Gasteiger partial charge on any atom is 0.339 e. The second kappa shape index (κ2) is 6.07. The number of carboxylic acid groups (broad SMARTS) is 1. The molecule has 0 saturated carbocycles. The maximum atomic E-state index is 11.3. The van der Waals surface area contributed by atoms with Crippen LogP contribution < -0.4 is 5.32 Å². The molecule has 0 amide bonds. The summed E-state index contributed by atoms with van der Waals surface area (Å²) in [5.41, 5.74) is 2.59. The van der Waals surface area contributed by atoms with Crippen molar-refractivity contribution in [1.82, 2.24) is 14.6 Å². The SMILES string of the molecule is N#CCNc1cc(-c2ccc3cc(C#N)cnn23)ncc1C(=O)O. The van der Waals surface area contributed by atoms with Crippen molar-refractivity contribution in [2.24, 2.45) is 0 Å². The van der Waals surface area contributed by atoms with E-state index in [0.29, 0.717) is 22.6 Å². The number of nitrogens with zero attached hydrogens (tertiary/aromatic N) is 5. The molecule has 0 saturated heterocycles. The van der Waals surface area contributed by atoms with Crippen LogP contribution in [0.2, 0.25) is 0 Å². The minimum atomic E-state index is -1.13. The van der Waals surface area contributed by atoms with E-state index < -0.39 is 5.97 Å². The highest BCUT2D eigenvalue weighted by Gasteiger charge is 2.14. The zero-order chi connectivity index (χ0) is 17.1. The second-order valence-corrected chi connectivity index (χ2v) is 4.84. The van der Waals surface area contributed by atoms with Gasteiger partial charge in [-0.15, -0.1) is 0 Å². The van der Waals surface area contributed by atoms with Crippen molar-refractivity contribution in [3.05, 3.63) is 47.8 Å². The molecule has 8 heteroatoms. The molecule has 0 spiro atoms. The van der Waals surface area contributed by atoms with Gasteiger partial charge in [-0.05, 0) is 24.3 Å². The number of anilines is 1. The third-order valence-electron chi connectivity index (χ3n) is 3.38. The van der Waals surface area contributed by atoms with Gasteiger partial charge in [-0.25, -0.2) is 9.31 Å². The first-order valence-electron chi connectivity index (χ1n) is 6.86. The van der Waals surface area contributed by atoms with E-state index in [9.17, 15) is 9.90 Å². The summed E-state index contributed by atoms with van der Waals surface area (Å²) in [4.78, 5) is 15.4. The monoisotopic (exact) mass is 318 g/mol. The summed E-state index contributed by atoms with van der Waals surface area (Å²) < 4.78 is 1.61. The first-order chi connectivity index (χ1) is 11.6. The highest BCUT2D eigenvalue weighted by atomic mass is 16.4. The van der Waals surface area contributed by atoms with Crippen molar-refractivity contribution >= 4 is 17.2 Å². The van der Waals surface area contributed by atoms with Crippen LogP contribution in [0.25, 0.3) is 16.9 Å². The molecular formula is C16H10N6O2. The van der Waals surface area contributed by atoms with Crippen LogP contribution in [0.4, 0.5) is 5.69 Å². The first kappa shape index (κ1) is 15.0. The quantitative estimate of drug-likeness (QED) is 0.703. The highest BCUT2D eigenvalue weighted by molar-refractivity contribution is 5.94. The minimum absolute atomic E-state index is 0.0189.